The number of carbonyl (C=O) groups excluding carboxylic acids is 2. The van der Waals surface area contributed by atoms with E-state index in [1.165, 1.54) is 31.5 Å². The van der Waals surface area contributed by atoms with Crippen LogP contribution in [0.4, 0.5) is 5.82 Å². The van der Waals surface area contributed by atoms with Crippen LogP contribution in [0.2, 0.25) is 0 Å². The molecule has 1 aliphatic carbocycles. The van der Waals surface area contributed by atoms with E-state index in [1.807, 2.05) is 0 Å². The molecule has 3 aromatic rings. The summed E-state index contributed by atoms with van der Waals surface area (Å²) >= 11 is 0. The molecule has 2 aromatic carbocycles. The van der Waals surface area contributed by atoms with Gasteiger partial charge in [0.15, 0.2) is 5.78 Å². The maximum Gasteiger partial charge on any atom is 0.229 e. The van der Waals surface area contributed by atoms with Crippen LogP contribution >= 0.6 is 0 Å². The smallest absolute Gasteiger partial charge is 0.229 e. The lowest BCUT2D eigenvalue weighted by molar-refractivity contribution is -0.314. The van der Waals surface area contributed by atoms with E-state index in [4.69, 9.17) is 19.9 Å². The average molecular weight is 595 g/mol. The van der Waals surface area contributed by atoms with E-state index in [2.05, 4.69) is 4.98 Å². The lowest BCUT2D eigenvalue weighted by atomic mass is 9.79. The number of ether oxygens (including phenoxy) is 3. The monoisotopic (exact) mass is 594 g/mol. The van der Waals surface area contributed by atoms with Gasteiger partial charge in [-0.25, -0.2) is 4.98 Å². The molecule has 12 nitrogen and oxygen atoms in total. The first-order valence-corrected chi connectivity index (χ1v) is 13.8. The number of aromatic nitrogens is 1. The summed E-state index contributed by atoms with van der Waals surface area (Å²) in [4.78, 5) is 31.6. The van der Waals surface area contributed by atoms with Crippen molar-refractivity contribution in [1.29, 1.82) is 0 Å². The Labute approximate surface area is 247 Å². The molecule has 1 aliphatic heterocycles. The molecule has 0 unspecified atom stereocenters. The molecule has 228 valence electrons. The van der Waals surface area contributed by atoms with Gasteiger partial charge >= 0.3 is 0 Å². The largest absolute Gasteiger partial charge is 0.507 e. The highest BCUT2D eigenvalue weighted by Crippen LogP contribution is 2.44. The SMILES string of the molecule is CCc1c(OC)cc(O[C@@H]2O[C@H](CO)[C@](O)(CCc3ccnc(N)c3)[C@H](O)[C@H]2O)c2c1C(=O)c1cc(C)cc(O)c1C2=O. The minimum atomic E-state index is -2.09. The Balaban J connectivity index is 1.52. The molecule has 1 saturated heterocycles. The van der Waals surface area contributed by atoms with Crippen molar-refractivity contribution in [3.63, 3.8) is 0 Å². The number of benzene rings is 2. The highest BCUT2D eigenvalue weighted by molar-refractivity contribution is 6.31. The maximum absolute atomic E-state index is 13.9. The number of aliphatic hydroxyl groups excluding tert-OH is 3. The van der Waals surface area contributed by atoms with Gasteiger partial charge in [0, 0.05) is 29.0 Å². The number of phenolic OH excluding ortho intramolecular Hbond substituents is 1. The molecule has 0 radical (unpaired) electrons. The molecule has 7 N–H and O–H groups in total. The maximum atomic E-state index is 13.9. The zero-order valence-corrected chi connectivity index (χ0v) is 23.9. The van der Waals surface area contributed by atoms with Crippen molar-refractivity contribution in [2.75, 3.05) is 19.5 Å². The van der Waals surface area contributed by atoms with Crippen molar-refractivity contribution in [2.24, 2.45) is 0 Å². The Bertz CT molecular complexity index is 1590. The summed E-state index contributed by atoms with van der Waals surface area (Å²) < 4.78 is 17.3. The Morgan fingerprint density at radius 2 is 1.81 bits per heavy atom. The van der Waals surface area contributed by atoms with E-state index in [0.29, 0.717) is 23.1 Å². The van der Waals surface area contributed by atoms with Crippen molar-refractivity contribution >= 4 is 17.4 Å². The molecule has 2 heterocycles. The number of hydrogen-bond acceptors (Lipinski definition) is 12. The summed E-state index contributed by atoms with van der Waals surface area (Å²) in [6.45, 7) is 2.73. The van der Waals surface area contributed by atoms with E-state index in [1.54, 1.807) is 26.0 Å². The number of phenols is 1. The summed E-state index contributed by atoms with van der Waals surface area (Å²) in [6, 6.07) is 7.54. The van der Waals surface area contributed by atoms with E-state index < -0.39 is 48.4 Å². The Morgan fingerprint density at radius 1 is 1.07 bits per heavy atom. The normalized spacial score (nSPS) is 24.8. The molecular formula is C31H34N2O10. The third kappa shape index (κ3) is 5.11. The number of ketones is 2. The summed E-state index contributed by atoms with van der Waals surface area (Å²) in [7, 11) is 1.39. The molecule has 43 heavy (non-hydrogen) atoms. The number of fused-ring (bicyclic) bond motifs is 2. The predicted octanol–water partition coefficient (Wildman–Crippen LogP) is 1.21. The van der Waals surface area contributed by atoms with Crippen LogP contribution in [0.5, 0.6) is 17.2 Å². The van der Waals surface area contributed by atoms with Crippen LogP contribution in [0.25, 0.3) is 0 Å². The number of hydrogen-bond donors (Lipinski definition) is 6. The number of aryl methyl sites for hydroxylation is 2. The highest BCUT2D eigenvalue weighted by Gasteiger charge is 2.55. The third-order valence-corrected chi connectivity index (χ3v) is 8.16. The second kappa shape index (κ2) is 11.5. The van der Waals surface area contributed by atoms with Gasteiger partial charge in [-0.15, -0.1) is 0 Å². The number of methoxy groups -OCH3 is 1. The summed E-state index contributed by atoms with van der Waals surface area (Å²) in [5.41, 5.74) is 5.07. The fraction of sp³-hybridized carbons (Fsp3) is 0.387. The second-order valence-corrected chi connectivity index (χ2v) is 10.8. The van der Waals surface area contributed by atoms with Crippen LogP contribution < -0.4 is 15.2 Å². The average Bonchev–Trinajstić information content (AvgIpc) is 2.98. The molecule has 0 saturated carbocycles. The summed E-state index contributed by atoms with van der Waals surface area (Å²) in [6.07, 6.45) is -4.88. The third-order valence-electron chi connectivity index (χ3n) is 8.16. The van der Waals surface area contributed by atoms with Gasteiger partial charge in [0.2, 0.25) is 12.1 Å². The molecular weight excluding hydrogens is 560 g/mol. The predicted molar refractivity (Wildman–Crippen MR) is 152 cm³/mol. The van der Waals surface area contributed by atoms with E-state index >= 15 is 0 Å². The quantitative estimate of drug-likeness (QED) is 0.170. The van der Waals surface area contributed by atoms with Gasteiger partial charge in [-0.05, 0) is 61.6 Å². The lowest BCUT2D eigenvalue weighted by Crippen LogP contribution is -2.68. The number of rotatable bonds is 8. The fourth-order valence-corrected chi connectivity index (χ4v) is 5.94. The van der Waals surface area contributed by atoms with Gasteiger partial charge in [-0.2, -0.15) is 0 Å². The zero-order chi connectivity index (χ0) is 31.2. The first-order chi connectivity index (χ1) is 20.4. The molecule has 5 rings (SSSR count). The van der Waals surface area contributed by atoms with Crippen LogP contribution in [-0.4, -0.2) is 86.0 Å². The molecule has 0 spiro atoms. The first kappa shape index (κ1) is 30.4. The second-order valence-electron chi connectivity index (χ2n) is 10.8. The number of nitrogen functional groups attached to an aromatic ring is 1. The van der Waals surface area contributed by atoms with Crippen molar-refractivity contribution in [1.82, 2.24) is 4.98 Å². The number of aliphatic hydroxyl groups is 4. The zero-order valence-electron chi connectivity index (χ0n) is 23.9. The first-order valence-electron chi connectivity index (χ1n) is 13.8. The van der Waals surface area contributed by atoms with Crippen LogP contribution in [0, 0.1) is 6.92 Å². The minimum Gasteiger partial charge on any atom is -0.507 e. The number of nitrogens with two attached hydrogens (primary N) is 1. The highest BCUT2D eigenvalue weighted by atomic mass is 16.7. The van der Waals surface area contributed by atoms with Crippen molar-refractivity contribution in [3.05, 3.63) is 75.5 Å². The van der Waals surface area contributed by atoms with Crippen LogP contribution in [0.1, 0.15) is 61.9 Å². The topological polar surface area (TPSA) is 202 Å². The number of aromatic hydroxyl groups is 1. The van der Waals surface area contributed by atoms with E-state index in [9.17, 15) is 35.1 Å². The molecule has 0 amide bonds. The number of anilines is 1. The lowest BCUT2D eigenvalue weighted by Gasteiger charge is -2.48. The molecule has 0 bridgehead atoms. The van der Waals surface area contributed by atoms with Gasteiger partial charge in [-0.1, -0.05) is 6.92 Å². The summed E-state index contributed by atoms with van der Waals surface area (Å²) in [5, 5.41) is 54.4. The van der Waals surface area contributed by atoms with Crippen molar-refractivity contribution in [2.45, 2.75) is 63.3 Å². The number of carbonyl (C=O) groups is 2. The standard InChI is InChI=1S/C31H34N2O10/c1-4-16-19(41-3)12-20(25-24(16)26(36)17-9-14(2)10-18(35)23(17)27(25)37)42-30-28(38)29(39)31(40,21(13-34)43-30)7-5-15-6-8-33-22(32)11-15/h6,8-12,21,28-30,34-35,38-40H,4-5,7,13H2,1-3H3,(H2,32,33)/t21-,28-,29-,30-,31-/m1/s1. The van der Waals surface area contributed by atoms with Gasteiger partial charge < -0.3 is 45.5 Å². The molecule has 1 fully saturated rings. The van der Waals surface area contributed by atoms with Gasteiger partial charge in [0.1, 0.15) is 47.0 Å². The van der Waals surface area contributed by atoms with Gasteiger partial charge in [-0.3, -0.25) is 9.59 Å². The molecule has 2 aliphatic rings. The van der Waals surface area contributed by atoms with Crippen LogP contribution in [-0.2, 0) is 17.6 Å². The van der Waals surface area contributed by atoms with Gasteiger partial charge in [0.05, 0.1) is 24.8 Å². The van der Waals surface area contributed by atoms with E-state index in [-0.39, 0.29) is 58.2 Å². The van der Waals surface area contributed by atoms with E-state index in [0.717, 1.165) is 0 Å². The van der Waals surface area contributed by atoms with Crippen molar-refractivity contribution < 1.29 is 49.3 Å². The fourth-order valence-electron chi connectivity index (χ4n) is 5.94. The Hall–Kier alpha value is -4.07. The molecule has 5 atom stereocenters. The number of nitrogens with zero attached hydrogens (tertiary/aromatic N) is 1. The molecule has 1 aromatic heterocycles. The van der Waals surface area contributed by atoms with Crippen LogP contribution in [0.15, 0.2) is 36.5 Å². The minimum absolute atomic E-state index is 0.0250. The van der Waals surface area contributed by atoms with Crippen molar-refractivity contribution in [3.8, 4) is 17.2 Å². The number of pyridine rings is 1. The Morgan fingerprint density at radius 3 is 2.47 bits per heavy atom. The summed E-state index contributed by atoms with van der Waals surface area (Å²) in [5.74, 6) is -1.29. The van der Waals surface area contributed by atoms with Crippen LogP contribution in [0.3, 0.4) is 0 Å². The Kier molecular flexibility index (Phi) is 8.16. The molecule has 12 heteroatoms. The van der Waals surface area contributed by atoms with Gasteiger partial charge in [0.25, 0.3) is 0 Å².